The molecule has 0 amide bonds. The molecule has 2 N–H and O–H groups in total. The molecule has 1 heterocycles. The fourth-order valence-electron chi connectivity index (χ4n) is 2.57. The van der Waals surface area contributed by atoms with E-state index in [1.807, 2.05) is 24.3 Å². The molecule has 1 saturated carbocycles. The van der Waals surface area contributed by atoms with Crippen LogP contribution in [-0.4, -0.2) is 30.1 Å². The average Bonchev–Trinajstić information content (AvgIpc) is 3.17. The summed E-state index contributed by atoms with van der Waals surface area (Å²) in [4.78, 5) is 2.59. The normalized spacial score (nSPS) is 25.8. The second kappa shape index (κ2) is 4.57. The Balaban J connectivity index is 1.58. The van der Waals surface area contributed by atoms with E-state index < -0.39 is 0 Å². The molecule has 1 saturated heterocycles. The molecule has 1 aromatic carbocycles. The highest BCUT2D eigenvalue weighted by Crippen LogP contribution is 2.30. The van der Waals surface area contributed by atoms with Crippen molar-refractivity contribution in [1.29, 1.82) is 0 Å². The molecule has 0 radical (unpaired) electrons. The number of hydrogen-bond acceptors (Lipinski definition) is 3. The topological polar surface area (TPSA) is 38.5 Å². The van der Waals surface area contributed by atoms with E-state index in [1.165, 1.54) is 32.2 Å². The smallest absolute Gasteiger partial charge is 0.119 e. The van der Waals surface area contributed by atoms with Crippen LogP contribution in [0.25, 0.3) is 0 Å². The summed E-state index contributed by atoms with van der Waals surface area (Å²) >= 11 is 0. The van der Waals surface area contributed by atoms with Crippen LogP contribution in [0.15, 0.2) is 24.3 Å². The third kappa shape index (κ3) is 2.72. The van der Waals surface area contributed by atoms with Crippen LogP contribution >= 0.6 is 0 Å². The van der Waals surface area contributed by atoms with Crippen LogP contribution < -0.4 is 10.5 Å². The zero-order valence-electron chi connectivity index (χ0n) is 10.1. The molecule has 0 aromatic heterocycles. The number of rotatable bonds is 3. The summed E-state index contributed by atoms with van der Waals surface area (Å²) < 4.78 is 6.02. The predicted molar refractivity (Wildman–Crippen MR) is 69.1 cm³/mol. The van der Waals surface area contributed by atoms with Crippen molar-refractivity contribution in [1.82, 2.24) is 4.90 Å². The van der Waals surface area contributed by atoms with Gasteiger partial charge in [-0.25, -0.2) is 0 Å². The van der Waals surface area contributed by atoms with Crippen molar-refractivity contribution >= 4 is 5.69 Å². The number of nitrogen functional groups attached to an aromatic ring is 1. The molecule has 2 fully saturated rings. The average molecular weight is 232 g/mol. The van der Waals surface area contributed by atoms with Crippen LogP contribution in [0.1, 0.15) is 25.7 Å². The number of nitrogens with zero attached hydrogens (tertiary/aromatic N) is 1. The molecule has 1 aliphatic heterocycles. The van der Waals surface area contributed by atoms with Gasteiger partial charge in [0, 0.05) is 18.3 Å². The first-order valence-corrected chi connectivity index (χ1v) is 6.57. The summed E-state index contributed by atoms with van der Waals surface area (Å²) in [6.07, 6.45) is 5.56. The third-order valence-corrected chi connectivity index (χ3v) is 3.66. The summed E-state index contributed by atoms with van der Waals surface area (Å²) in [7, 11) is 0. The molecule has 17 heavy (non-hydrogen) atoms. The number of likely N-dealkylation sites (tertiary alicyclic amines) is 1. The predicted octanol–water partition coefficient (Wildman–Crippen LogP) is 2.27. The van der Waals surface area contributed by atoms with Gasteiger partial charge in [-0.2, -0.15) is 0 Å². The SMILES string of the molecule is Nc1ccc(OC2CCCN(C3CC3)C2)cc1. The van der Waals surface area contributed by atoms with Gasteiger partial charge in [0.15, 0.2) is 0 Å². The van der Waals surface area contributed by atoms with Crippen LogP contribution in [-0.2, 0) is 0 Å². The Morgan fingerprint density at radius 1 is 1.12 bits per heavy atom. The molecule has 2 aliphatic rings. The van der Waals surface area contributed by atoms with Crippen molar-refractivity contribution in [3.05, 3.63) is 24.3 Å². The van der Waals surface area contributed by atoms with Gasteiger partial charge in [-0.1, -0.05) is 0 Å². The van der Waals surface area contributed by atoms with Gasteiger partial charge < -0.3 is 10.5 Å². The van der Waals surface area contributed by atoms with Gasteiger partial charge in [0.25, 0.3) is 0 Å². The highest BCUT2D eigenvalue weighted by Gasteiger charge is 2.33. The van der Waals surface area contributed by atoms with E-state index in [-0.39, 0.29) is 0 Å². The molecule has 0 spiro atoms. The minimum Gasteiger partial charge on any atom is -0.489 e. The van der Waals surface area contributed by atoms with Crippen LogP contribution in [0.4, 0.5) is 5.69 Å². The summed E-state index contributed by atoms with van der Waals surface area (Å²) in [5.74, 6) is 0.946. The number of hydrogen-bond donors (Lipinski definition) is 1. The van der Waals surface area contributed by atoms with E-state index in [4.69, 9.17) is 10.5 Å². The monoisotopic (exact) mass is 232 g/mol. The molecule has 3 rings (SSSR count). The van der Waals surface area contributed by atoms with Crippen LogP contribution in [0, 0.1) is 0 Å². The first-order valence-electron chi connectivity index (χ1n) is 6.57. The lowest BCUT2D eigenvalue weighted by Gasteiger charge is -2.32. The second-order valence-electron chi connectivity index (χ2n) is 5.18. The van der Waals surface area contributed by atoms with E-state index >= 15 is 0 Å². The Kier molecular flexibility index (Phi) is 2.93. The van der Waals surface area contributed by atoms with E-state index in [0.29, 0.717) is 6.10 Å². The molecule has 1 aromatic rings. The van der Waals surface area contributed by atoms with Crippen LogP contribution in [0.5, 0.6) is 5.75 Å². The van der Waals surface area contributed by atoms with E-state index in [1.54, 1.807) is 0 Å². The van der Waals surface area contributed by atoms with E-state index in [9.17, 15) is 0 Å². The molecule has 92 valence electrons. The Morgan fingerprint density at radius 3 is 2.59 bits per heavy atom. The van der Waals surface area contributed by atoms with Crippen molar-refractivity contribution in [2.45, 2.75) is 37.8 Å². The largest absolute Gasteiger partial charge is 0.489 e. The van der Waals surface area contributed by atoms with Gasteiger partial charge in [0.1, 0.15) is 11.9 Å². The highest BCUT2D eigenvalue weighted by atomic mass is 16.5. The molecule has 1 aliphatic carbocycles. The highest BCUT2D eigenvalue weighted by molar-refractivity contribution is 5.41. The number of anilines is 1. The Morgan fingerprint density at radius 2 is 1.88 bits per heavy atom. The van der Waals surface area contributed by atoms with Crippen molar-refractivity contribution in [3.8, 4) is 5.75 Å². The minimum absolute atomic E-state index is 0.355. The van der Waals surface area contributed by atoms with Crippen LogP contribution in [0.3, 0.4) is 0 Å². The van der Waals surface area contributed by atoms with Crippen molar-refractivity contribution < 1.29 is 4.74 Å². The van der Waals surface area contributed by atoms with E-state index in [0.717, 1.165) is 24.0 Å². The molecular weight excluding hydrogens is 212 g/mol. The standard InChI is InChI=1S/C14H20N2O/c15-11-3-7-13(8-4-11)17-14-2-1-9-16(10-14)12-5-6-12/h3-4,7-8,12,14H,1-2,5-6,9-10,15H2. The molecule has 0 bridgehead atoms. The fourth-order valence-corrected chi connectivity index (χ4v) is 2.57. The molecular formula is C14H20N2O. The van der Waals surface area contributed by atoms with Gasteiger partial charge in [-0.15, -0.1) is 0 Å². The zero-order valence-corrected chi connectivity index (χ0v) is 10.1. The number of benzene rings is 1. The third-order valence-electron chi connectivity index (χ3n) is 3.66. The first-order chi connectivity index (χ1) is 8.31. The minimum atomic E-state index is 0.355. The quantitative estimate of drug-likeness (QED) is 0.812. The number of piperidine rings is 1. The molecule has 1 atom stereocenters. The lowest BCUT2D eigenvalue weighted by atomic mass is 10.1. The van der Waals surface area contributed by atoms with E-state index in [2.05, 4.69) is 4.90 Å². The lowest BCUT2D eigenvalue weighted by molar-refractivity contribution is 0.0839. The van der Waals surface area contributed by atoms with Gasteiger partial charge in [-0.05, 0) is 56.5 Å². The Bertz CT molecular complexity index is 372. The lowest BCUT2D eigenvalue weighted by Crippen LogP contribution is -2.42. The summed E-state index contributed by atoms with van der Waals surface area (Å²) in [6.45, 7) is 2.35. The molecule has 1 unspecified atom stereocenters. The number of ether oxygens (including phenoxy) is 1. The van der Waals surface area contributed by atoms with Crippen LogP contribution in [0.2, 0.25) is 0 Å². The maximum Gasteiger partial charge on any atom is 0.119 e. The first kappa shape index (κ1) is 10.9. The van der Waals surface area contributed by atoms with Crippen molar-refractivity contribution in [2.24, 2.45) is 0 Å². The zero-order chi connectivity index (χ0) is 11.7. The summed E-state index contributed by atoms with van der Waals surface area (Å²) in [5.41, 5.74) is 6.46. The molecule has 3 nitrogen and oxygen atoms in total. The summed E-state index contributed by atoms with van der Waals surface area (Å²) in [5, 5.41) is 0. The Labute approximate surface area is 103 Å². The van der Waals surface area contributed by atoms with Crippen molar-refractivity contribution in [2.75, 3.05) is 18.8 Å². The second-order valence-corrected chi connectivity index (χ2v) is 5.18. The fraction of sp³-hybridized carbons (Fsp3) is 0.571. The molecule has 3 heteroatoms. The van der Waals surface area contributed by atoms with Crippen molar-refractivity contribution in [3.63, 3.8) is 0 Å². The van der Waals surface area contributed by atoms with Gasteiger partial charge in [-0.3, -0.25) is 4.90 Å². The maximum atomic E-state index is 6.02. The number of nitrogens with two attached hydrogens (primary N) is 1. The van der Waals surface area contributed by atoms with Gasteiger partial charge in [0.05, 0.1) is 0 Å². The maximum absolute atomic E-state index is 6.02. The summed E-state index contributed by atoms with van der Waals surface area (Å²) in [6, 6.07) is 8.58. The van der Waals surface area contributed by atoms with Gasteiger partial charge >= 0.3 is 0 Å². The Hall–Kier alpha value is -1.22. The van der Waals surface area contributed by atoms with Gasteiger partial charge in [0.2, 0.25) is 0 Å².